The van der Waals surface area contributed by atoms with E-state index < -0.39 is 8.53 Å². The fraction of sp³-hybridized carbons (Fsp3) is 0.111. The molecule has 1 aromatic heterocycles. The van der Waals surface area contributed by atoms with E-state index in [4.69, 9.17) is 19.8 Å². The zero-order chi connectivity index (χ0) is 18.4. The Morgan fingerprint density at radius 1 is 1.12 bits per heavy atom. The van der Waals surface area contributed by atoms with Gasteiger partial charge in [-0.1, -0.05) is 12.1 Å². The van der Waals surface area contributed by atoms with Crippen LogP contribution in [0.1, 0.15) is 12.5 Å². The van der Waals surface area contributed by atoms with Crippen LogP contribution in [0.2, 0.25) is 0 Å². The van der Waals surface area contributed by atoms with Crippen LogP contribution >= 0.6 is 8.53 Å². The molecule has 0 saturated heterocycles. The number of pyridine rings is 1. The number of nitrogens with zero attached hydrogens (tertiary/aromatic N) is 4. The van der Waals surface area contributed by atoms with Crippen LogP contribution in [0.3, 0.4) is 0 Å². The van der Waals surface area contributed by atoms with Gasteiger partial charge in [-0.15, -0.1) is 10.2 Å². The van der Waals surface area contributed by atoms with Crippen LogP contribution in [0.25, 0.3) is 10.9 Å². The average molecular weight is 365 g/mol. The molecule has 1 unspecified atom stereocenters. The minimum absolute atomic E-state index is 0.462. The molecule has 0 spiro atoms. The summed E-state index contributed by atoms with van der Waals surface area (Å²) in [6.07, 6.45) is 1.67. The Morgan fingerprint density at radius 3 is 2.73 bits per heavy atom. The fourth-order valence-electron chi connectivity index (χ4n) is 2.31. The van der Waals surface area contributed by atoms with Crippen molar-refractivity contribution in [3.05, 3.63) is 60.3 Å². The Balaban J connectivity index is 1.98. The molecule has 0 bridgehead atoms. The molecule has 0 fully saturated rings. The van der Waals surface area contributed by atoms with Crippen LogP contribution in [0, 0.1) is 11.3 Å². The number of rotatable bonds is 6. The predicted molar refractivity (Wildman–Crippen MR) is 100 cm³/mol. The van der Waals surface area contributed by atoms with Crippen molar-refractivity contribution in [2.75, 3.05) is 6.61 Å². The summed E-state index contributed by atoms with van der Waals surface area (Å²) in [4.78, 5) is 4.36. The molecule has 1 atom stereocenters. The van der Waals surface area contributed by atoms with Gasteiger partial charge in [0, 0.05) is 11.6 Å². The van der Waals surface area contributed by atoms with Crippen LogP contribution in [-0.2, 0) is 4.52 Å². The number of hydrogen-bond donors (Lipinski definition) is 1. The number of nitrogens with two attached hydrogens (primary N) is 1. The lowest BCUT2D eigenvalue weighted by Gasteiger charge is -2.13. The maximum absolute atomic E-state index is 9.15. The summed E-state index contributed by atoms with van der Waals surface area (Å²) in [7, 11) is -1.52. The van der Waals surface area contributed by atoms with E-state index in [9.17, 15) is 0 Å². The van der Waals surface area contributed by atoms with Gasteiger partial charge in [0.15, 0.2) is 5.75 Å². The van der Waals surface area contributed by atoms with Crippen LogP contribution in [-0.4, -0.2) is 11.6 Å². The van der Waals surface area contributed by atoms with Crippen molar-refractivity contribution in [2.45, 2.75) is 6.92 Å². The SMILES string of the molecule is CCOP(N)Oc1ccc(/N=N/c2ccccc2C#N)c2cccnc12. The van der Waals surface area contributed by atoms with Crippen LogP contribution in [0.4, 0.5) is 11.4 Å². The van der Waals surface area contributed by atoms with Gasteiger partial charge in [-0.05, 0) is 43.3 Å². The van der Waals surface area contributed by atoms with Gasteiger partial charge in [-0.3, -0.25) is 10.5 Å². The zero-order valence-electron chi connectivity index (χ0n) is 14.0. The highest BCUT2D eigenvalue weighted by Crippen LogP contribution is 2.38. The van der Waals surface area contributed by atoms with Crippen molar-refractivity contribution in [1.82, 2.24) is 4.98 Å². The maximum Gasteiger partial charge on any atom is 0.315 e. The highest BCUT2D eigenvalue weighted by atomic mass is 31.2. The van der Waals surface area contributed by atoms with Crippen molar-refractivity contribution in [3.63, 3.8) is 0 Å². The number of benzene rings is 2. The summed E-state index contributed by atoms with van der Waals surface area (Å²) in [5.74, 6) is 0.527. The largest absolute Gasteiger partial charge is 0.434 e. The standard InChI is InChI=1S/C18H16N5O2P/c1-2-24-26(20)25-17-10-9-16(14-7-5-11-21-18(14)17)23-22-15-8-4-3-6-13(15)12-19/h3-11H,2,20H2,1H3/b23-22+. The normalized spacial score (nSPS) is 12.2. The molecule has 1 heterocycles. The van der Waals surface area contributed by atoms with Gasteiger partial charge in [0.05, 0.1) is 17.9 Å². The Labute approximate surface area is 152 Å². The van der Waals surface area contributed by atoms with E-state index in [1.807, 2.05) is 25.1 Å². The van der Waals surface area contributed by atoms with E-state index in [2.05, 4.69) is 21.3 Å². The third kappa shape index (κ3) is 4.01. The lowest BCUT2D eigenvalue weighted by molar-refractivity contribution is 0.335. The highest BCUT2D eigenvalue weighted by molar-refractivity contribution is 7.44. The van der Waals surface area contributed by atoms with Crippen molar-refractivity contribution < 1.29 is 9.05 Å². The van der Waals surface area contributed by atoms with E-state index in [1.54, 1.807) is 36.5 Å². The minimum atomic E-state index is -1.52. The Hall–Kier alpha value is -2.91. The molecule has 0 aliphatic carbocycles. The molecule has 0 radical (unpaired) electrons. The molecule has 2 aromatic carbocycles. The third-order valence-corrected chi connectivity index (χ3v) is 4.33. The van der Waals surface area contributed by atoms with Gasteiger partial charge in [0.25, 0.3) is 0 Å². The number of azo groups is 1. The lowest BCUT2D eigenvalue weighted by atomic mass is 10.1. The molecule has 2 N–H and O–H groups in total. The molecule has 0 amide bonds. The van der Waals surface area contributed by atoms with E-state index in [0.29, 0.717) is 34.8 Å². The van der Waals surface area contributed by atoms with Gasteiger partial charge in [0.1, 0.15) is 17.3 Å². The first-order valence-corrected chi connectivity index (χ1v) is 9.12. The van der Waals surface area contributed by atoms with Gasteiger partial charge in [0.2, 0.25) is 0 Å². The van der Waals surface area contributed by atoms with Crippen molar-refractivity contribution in [3.8, 4) is 11.8 Å². The molecule has 0 aliphatic heterocycles. The number of hydrogen-bond acceptors (Lipinski definition) is 7. The molecule has 8 heteroatoms. The molecule has 0 saturated carbocycles. The second-order valence-electron chi connectivity index (χ2n) is 5.11. The maximum atomic E-state index is 9.15. The Bertz CT molecular complexity index is 987. The molecular weight excluding hydrogens is 349 g/mol. The molecular formula is C18H16N5O2P. The topological polar surface area (TPSA) is 106 Å². The van der Waals surface area contributed by atoms with E-state index >= 15 is 0 Å². The minimum Gasteiger partial charge on any atom is -0.434 e. The monoisotopic (exact) mass is 365 g/mol. The Morgan fingerprint density at radius 2 is 1.92 bits per heavy atom. The highest BCUT2D eigenvalue weighted by Gasteiger charge is 2.12. The van der Waals surface area contributed by atoms with Crippen molar-refractivity contribution in [1.29, 1.82) is 5.26 Å². The van der Waals surface area contributed by atoms with E-state index in [1.165, 1.54) is 0 Å². The van der Waals surface area contributed by atoms with Crippen LogP contribution in [0.15, 0.2) is 65.0 Å². The molecule has 130 valence electrons. The first-order valence-electron chi connectivity index (χ1n) is 7.87. The lowest BCUT2D eigenvalue weighted by Crippen LogP contribution is -2.01. The number of nitriles is 1. The van der Waals surface area contributed by atoms with Gasteiger partial charge in [-0.25, -0.2) is 0 Å². The zero-order valence-corrected chi connectivity index (χ0v) is 14.9. The van der Waals surface area contributed by atoms with E-state index in [0.717, 1.165) is 5.39 Å². The first-order chi connectivity index (χ1) is 12.7. The van der Waals surface area contributed by atoms with Crippen LogP contribution in [0.5, 0.6) is 5.75 Å². The summed E-state index contributed by atoms with van der Waals surface area (Å²) in [6.45, 7) is 2.32. The van der Waals surface area contributed by atoms with Gasteiger partial charge < -0.3 is 9.05 Å². The average Bonchev–Trinajstić information content (AvgIpc) is 2.68. The molecule has 3 aromatic rings. The molecule has 3 rings (SSSR count). The van der Waals surface area contributed by atoms with E-state index in [-0.39, 0.29) is 0 Å². The predicted octanol–water partition coefficient (Wildman–Crippen LogP) is 5.12. The summed E-state index contributed by atoms with van der Waals surface area (Å²) in [5, 5.41) is 18.4. The van der Waals surface area contributed by atoms with Crippen LogP contribution < -0.4 is 10.0 Å². The quantitative estimate of drug-likeness (QED) is 0.482. The summed E-state index contributed by atoms with van der Waals surface area (Å²) in [5.41, 5.74) is 8.04. The summed E-state index contributed by atoms with van der Waals surface area (Å²) in [6, 6.07) is 16.3. The second-order valence-corrected chi connectivity index (χ2v) is 6.12. The smallest absolute Gasteiger partial charge is 0.315 e. The van der Waals surface area contributed by atoms with Gasteiger partial charge >= 0.3 is 8.53 Å². The van der Waals surface area contributed by atoms with Crippen molar-refractivity contribution in [2.24, 2.45) is 15.7 Å². The molecule has 26 heavy (non-hydrogen) atoms. The molecule has 0 aliphatic rings. The summed E-state index contributed by atoms with van der Waals surface area (Å²) < 4.78 is 10.9. The number of fused-ring (bicyclic) bond motifs is 1. The summed E-state index contributed by atoms with van der Waals surface area (Å²) >= 11 is 0. The Kier molecular flexibility index (Phi) is 5.82. The fourth-order valence-corrected chi connectivity index (χ4v) is 2.95. The third-order valence-electron chi connectivity index (χ3n) is 3.44. The van der Waals surface area contributed by atoms with Crippen molar-refractivity contribution >= 4 is 30.8 Å². The number of aromatic nitrogens is 1. The first kappa shape index (κ1) is 17.9. The second kappa shape index (κ2) is 8.45. The molecule has 7 nitrogen and oxygen atoms in total. The van der Waals surface area contributed by atoms with Gasteiger partial charge in [-0.2, -0.15) is 5.26 Å².